The van der Waals surface area contributed by atoms with Crippen LogP contribution in [0.3, 0.4) is 0 Å². The molecule has 1 aliphatic carbocycles. The van der Waals surface area contributed by atoms with E-state index >= 15 is 0 Å². The third-order valence-electron chi connectivity index (χ3n) is 2.20. The average Bonchev–Trinajstić information content (AvgIpc) is 2.90. The quantitative estimate of drug-likeness (QED) is 0.713. The van der Waals surface area contributed by atoms with E-state index in [1.54, 1.807) is 6.20 Å². The number of rotatable bonds is 3. The van der Waals surface area contributed by atoms with Gasteiger partial charge >= 0.3 is 0 Å². The summed E-state index contributed by atoms with van der Waals surface area (Å²) < 4.78 is 0. The summed E-state index contributed by atoms with van der Waals surface area (Å²) in [7, 11) is 0. The highest BCUT2D eigenvalue weighted by Crippen LogP contribution is 2.38. The van der Waals surface area contributed by atoms with E-state index in [0.29, 0.717) is 11.7 Å². The predicted octanol–water partition coefficient (Wildman–Crippen LogP) is 0.953. The molecule has 2 rings (SSSR count). The first-order chi connectivity index (χ1) is 6.26. The zero-order valence-electron chi connectivity index (χ0n) is 7.01. The van der Waals surface area contributed by atoms with Gasteiger partial charge in [0.15, 0.2) is 5.82 Å². The van der Waals surface area contributed by atoms with Crippen LogP contribution in [0.25, 0.3) is 0 Å². The normalized spacial score (nSPS) is 18.2. The standard InChI is InChI=1S/C8H10ClN3O/c9-5-8(1-2-8)12-6-7(13)11-4-3-10-6/h3-4H,1-2,5H2,(H,10,12)(H,11,13). The summed E-state index contributed by atoms with van der Waals surface area (Å²) in [5.74, 6) is 0.879. The summed E-state index contributed by atoms with van der Waals surface area (Å²) >= 11 is 5.76. The highest BCUT2D eigenvalue weighted by Gasteiger charge is 2.42. The van der Waals surface area contributed by atoms with Crippen molar-refractivity contribution in [3.05, 3.63) is 22.7 Å². The second-order valence-corrected chi connectivity index (χ2v) is 3.57. The minimum Gasteiger partial charge on any atom is -0.359 e. The maximum absolute atomic E-state index is 11.2. The molecule has 0 unspecified atom stereocenters. The van der Waals surface area contributed by atoms with Crippen LogP contribution in [-0.4, -0.2) is 21.4 Å². The summed E-state index contributed by atoms with van der Waals surface area (Å²) in [6.45, 7) is 0. The van der Waals surface area contributed by atoms with Crippen LogP contribution in [0.2, 0.25) is 0 Å². The summed E-state index contributed by atoms with van der Waals surface area (Å²) in [4.78, 5) is 17.7. The second-order valence-electron chi connectivity index (χ2n) is 3.31. The molecule has 0 radical (unpaired) electrons. The highest BCUT2D eigenvalue weighted by molar-refractivity contribution is 6.19. The molecule has 1 saturated carbocycles. The molecule has 4 nitrogen and oxygen atoms in total. The number of alkyl halides is 1. The molecule has 1 aromatic heterocycles. The lowest BCUT2D eigenvalue weighted by molar-refractivity contribution is 0.823. The van der Waals surface area contributed by atoms with E-state index in [-0.39, 0.29) is 11.1 Å². The van der Waals surface area contributed by atoms with Gasteiger partial charge in [-0.3, -0.25) is 4.79 Å². The Bertz CT molecular complexity index is 358. The molecule has 70 valence electrons. The first-order valence-electron chi connectivity index (χ1n) is 4.14. The van der Waals surface area contributed by atoms with Gasteiger partial charge < -0.3 is 10.3 Å². The van der Waals surface area contributed by atoms with E-state index in [4.69, 9.17) is 11.6 Å². The third kappa shape index (κ3) is 1.67. The Morgan fingerprint density at radius 2 is 2.46 bits per heavy atom. The molecule has 0 bridgehead atoms. The van der Waals surface area contributed by atoms with E-state index in [1.807, 2.05) is 0 Å². The molecule has 0 saturated heterocycles. The van der Waals surface area contributed by atoms with Gasteiger partial charge in [-0.15, -0.1) is 11.6 Å². The van der Waals surface area contributed by atoms with Crippen molar-refractivity contribution in [2.24, 2.45) is 0 Å². The van der Waals surface area contributed by atoms with Gasteiger partial charge in [-0.2, -0.15) is 0 Å². The number of nitrogens with one attached hydrogen (secondary N) is 2. The first kappa shape index (κ1) is 8.56. The third-order valence-corrected chi connectivity index (χ3v) is 2.71. The fourth-order valence-corrected chi connectivity index (χ4v) is 1.47. The molecule has 0 spiro atoms. The number of halogens is 1. The van der Waals surface area contributed by atoms with E-state index in [2.05, 4.69) is 15.3 Å². The molecule has 1 aromatic rings. The van der Waals surface area contributed by atoms with Gasteiger partial charge in [0.05, 0.1) is 5.54 Å². The topological polar surface area (TPSA) is 57.8 Å². The van der Waals surface area contributed by atoms with Gasteiger partial charge in [-0.1, -0.05) is 0 Å². The first-order valence-corrected chi connectivity index (χ1v) is 4.67. The molecular formula is C8H10ClN3O. The number of H-pyrrole nitrogens is 1. The van der Waals surface area contributed by atoms with Crippen LogP contribution >= 0.6 is 11.6 Å². The zero-order valence-corrected chi connectivity index (χ0v) is 7.77. The lowest BCUT2D eigenvalue weighted by Crippen LogP contribution is -2.28. The van der Waals surface area contributed by atoms with E-state index in [9.17, 15) is 4.79 Å². The second kappa shape index (κ2) is 3.03. The minimum absolute atomic E-state index is 0.0804. The van der Waals surface area contributed by atoms with Crippen LogP contribution in [0, 0.1) is 0 Å². The number of nitrogens with zero attached hydrogens (tertiary/aromatic N) is 1. The largest absolute Gasteiger partial charge is 0.359 e. The monoisotopic (exact) mass is 199 g/mol. The van der Waals surface area contributed by atoms with Gasteiger partial charge in [0.1, 0.15) is 0 Å². The van der Waals surface area contributed by atoms with Crippen LogP contribution in [0.4, 0.5) is 5.82 Å². The molecule has 1 fully saturated rings. The molecule has 2 N–H and O–H groups in total. The van der Waals surface area contributed by atoms with Crippen LogP contribution in [-0.2, 0) is 0 Å². The van der Waals surface area contributed by atoms with Crippen LogP contribution in [0.15, 0.2) is 17.2 Å². The van der Waals surface area contributed by atoms with Gasteiger partial charge in [0.2, 0.25) is 0 Å². The van der Waals surface area contributed by atoms with Crippen LogP contribution < -0.4 is 10.9 Å². The van der Waals surface area contributed by atoms with Crippen molar-refractivity contribution >= 4 is 17.4 Å². The lowest BCUT2D eigenvalue weighted by atomic mass is 10.3. The molecule has 1 aliphatic rings. The maximum Gasteiger partial charge on any atom is 0.290 e. The van der Waals surface area contributed by atoms with Crippen molar-refractivity contribution in [2.45, 2.75) is 18.4 Å². The Hall–Kier alpha value is -1.03. The smallest absolute Gasteiger partial charge is 0.290 e. The summed E-state index contributed by atoms with van der Waals surface area (Å²) in [5, 5.41) is 3.06. The van der Waals surface area contributed by atoms with Crippen molar-refractivity contribution in [3.8, 4) is 0 Å². The molecule has 0 aromatic carbocycles. The summed E-state index contributed by atoms with van der Waals surface area (Å²) in [6, 6.07) is 0. The number of anilines is 1. The van der Waals surface area contributed by atoms with Crippen molar-refractivity contribution < 1.29 is 0 Å². The molecule has 1 heterocycles. The van der Waals surface area contributed by atoms with Crippen LogP contribution in [0.1, 0.15) is 12.8 Å². The minimum atomic E-state index is -0.195. The Morgan fingerprint density at radius 3 is 3.00 bits per heavy atom. The zero-order chi connectivity index (χ0) is 9.31. The number of hydrogen-bond donors (Lipinski definition) is 2. The Labute approximate surface area is 80.3 Å². The predicted molar refractivity (Wildman–Crippen MR) is 51.2 cm³/mol. The fraction of sp³-hybridized carbons (Fsp3) is 0.500. The molecule has 5 heteroatoms. The molecule has 0 amide bonds. The number of aromatic nitrogens is 2. The van der Waals surface area contributed by atoms with Crippen molar-refractivity contribution in [3.63, 3.8) is 0 Å². The average molecular weight is 200 g/mol. The maximum atomic E-state index is 11.2. The molecule has 0 atom stereocenters. The fourth-order valence-electron chi connectivity index (χ4n) is 1.13. The van der Waals surface area contributed by atoms with Crippen molar-refractivity contribution in [1.82, 2.24) is 9.97 Å². The van der Waals surface area contributed by atoms with Crippen LogP contribution in [0.5, 0.6) is 0 Å². The van der Waals surface area contributed by atoms with Crippen molar-refractivity contribution in [2.75, 3.05) is 11.2 Å². The van der Waals surface area contributed by atoms with E-state index in [1.165, 1.54) is 6.20 Å². The summed E-state index contributed by atoms with van der Waals surface area (Å²) in [5.41, 5.74) is -0.276. The van der Waals surface area contributed by atoms with Gasteiger partial charge in [0.25, 0.3) is 5.56 Å². The van der Waals surface area contributed by atoms with Gasteiger partial charge in [-0.05, 0) is 12.8 Å². The number of hydrogen-bond acceptors (Lipinski definition) is 3. The van der Waals surface area contributed by atoms with E-state index in [0.717, 1.165) is 12.8 Å². The van der Waals surface area contributed by atoms with E-state index < -0.39 is 0 Å². The van der Waals surface area contributed by atoms with Gasteiger partial charge in [-0.25, -0.2) is 4.98 Å². The SMILES string of the molecule is O=c1[nH]ccnc1NC1(CCl)CC1. The molecule has 0 aliphatic heterocycles. The molecular weight excluding hydrogens is 190 g/mol. The lowest BCUT2D eigenvalue weighted by Gasteiger charge is -2.12. The Morgan fingerprint density at radius 1 is 1.69 bits per heavy atom. The number of aromatic amines is 1. The highest BCUT2D eigenvalue weighted by atomic mass is 35.5. The molecule has 13 heavy (non-hydrogen) atoms. The van der Waals surface area contributed by atoms with Gasteiger partial charge in [0, 0.05) is 18.3 Å². The summed E-state index contributed by atoms with van der Waals surface area (Å²) in [6.07, 6.45) is 5.07. The Balaban J connectivity index is 2.19. The van der Waals surface area contributed by atoms with Crippen molar-refractivity contribution in [1.29, 1.82) is 0 Å². The Kier molecular flexibility index (Phi) is 2.00.